The summed E-state index contributed by atoms with van der Waals surface area (Å²) in [5.74, 6) is 0.859. The third-order valence-electron chi connectivity index (χ3n) is 3.17. The van der Waals surface area contributed by atoms with Gasteiger partial charge in [-0.05, 0) is 35.9 Å². The highest BCUT2D eigenvalue weighted by atomic mass is 16.5. The highest BCUT2D eigenvalue weighted by Crippen LogP contribution is 2.25. The van der Waals surface area contributed by atoms with E-state index in [1.54, 1.807) is 50.6 Å². The van der Waals surface area contributed by atoms with E-state index in [0.717, 1.165) is 11.1 Å². The van der Waals surface area contributed by atoms with E-state index in [2.05, 4.69) is 0 Å². The summed E-state index contributed by atoms with van der Waals surface area (Å²) in [5, 5.41) is 0. The van der Waals surface area contributed by atoms with Crippen molar-refractivity contribution in [2.24, 2.45) is 0 Å². The molecule has 0 spiro atoms. The first kappa shape index (κ1) is 20.1. The molecule has 0 aliphatic carbocycles. The van der Waals surface area contributed by atoms with Crippen LogP contribution in [0.2, 0.25) is 0 Å². The molecular formula is C20H25NO4. The first-order valence-electron chi connectivity index (χ1n) is 8.03. The van der Waals surface area contributed by atoms with Crippen LogP contribution in [-0.4, -0.2) is 20.2 Å². The van der Waals surface area contributed by atoms with Gasteiger partial charge in [-0.25, -0.2) is 4.79 Å². The van der Waals surface area contributed by atoms with Crippen LogP contribution in [-0.2, 0) is 16.1 Å². The fourth-order valence-electron chi connectivity index (χ4n) is 2.00. The van der Waals surface area contributed by atoms with Crippen LogP contribution < -0.4 is 15.2 Å². The Bertz CT molecular complexity index is 711. The Morgan fingerprint density at radius 2 is 1.84 bits per heavy atom. The topological polar surface area (TPSA) is 70.8 Å². The zero-order chi connectivity index (χ0) is 18.7. The van der Waals surface area contributed by atoms with Gasteiger partial charge in [0.25, 0.3) is 0 Å². The molecule has 2 rings (SSSR count). The Morgan fingerprint density at radius 3 is 2.48 bits per heavy atom. The lowest BCUT2D eigenvalue weighted by Crippen LogP contribution is -2.01. The minimum absolute atomic E-state index is 0.175. The molecule has 0 aliphatic heterocycles. The number of rotatable bonds is 6. The highest BCUT2D eigenvalue weighted by molar-refractivity contribution is 5.87. The average Bonchev–Trinajstić information content (AvgIpc) is 2.66. The largest absolute Gasteiger partial charge is 0.497 e. The van der Waals surface area contributed by atoms with E-state index in [0.29, 0.717) is 17.2 Å². The van der Waals surface area contributed by atoms with E-state index in [-0.39, 0.29) is 6.61 Å². The number of benzene rings is 2. The Kier molecular flexibility index (Phi) is 8.65. The molecule has 0 aliphatic rings. The van der Waals surface area contributed by atoms with Gasteiger partial charge in [0.15, 0.2) is 0 Å². The standard InChI is InChI=1S/C18H19NO4.C2H6/c1-21-16-8-6-14(17(11-16)22-2)7-9-18(20)23-12-13-4-3-5-15(19)10-13;1-2/h3-11H,12,19H2,1-2H3;1-2H3/b9-7+;. The Hall–Kier alpha value is -2.95. The van der Waals surface area contributed by atoms with Crippen LogP contribution in [0.25, 0.3) is 6.08 Å². The van der Waals surface area contributed by atoms with Crippen LogP contribution in [0.4, 0.5) is 5.69 Å². The van der Waals surface area contributed by atoms with Gasteiger partial charge in [-0.1, -0.05) is 26.0 Å². The summed E-state index contributed by atoms with van der Waals surface area (Å²) >= 11 is 0. The molecule has 0 fully saturated rings. The fourth-order valence-corrected chi connectivity index (χ4v) is 2.00. The van der Waals surface area contributed by atoms with Crippen molar-refractivity contribution in [3.63, 3.8) is 0 Å². The van der Waals surface area contributed by atoms with Gasteiger partial charge in [-0.3, -0.25) is 0 Å². The van der Waals surface area contributed by atoms with E-state index in [1.807, 2.05) is 26.0 Å². The van der Waals surface area contributed by atoms with Crippen LogP contribution in [0.3, 0.4) is 0 Å². The third kappa shape index (κ3) is 6.59. The quantitative estimate of drug-likeness (QED) is 0.486. The number of carbonyl (C=O) groups excluding carboxylic acids is 1. The maximum absolute atomic E-state index is 11.8. The lowest BCUT2D eigenvalue weighted by atomic mass is 10.1. The summed E-state index contributed by atoms with van der Waals surface area (Å²) in [5.41, 5.74) is 7.91. The minimum Gasteiger partial charge on any atom is -0.497 e. The van der Waals surface area contributed by atoms with Gasteiger partial charge in [-0.15, -0.1) is 0 Å². The lowest BCUT2D eigenvalue weighted by molar-refractivity contribution is -0.138. The van der Waals surface area contributed by atoms with E-state index in [1.165, 1.54) is 6.08 Å². The molecule has 0 unspecified atom stereocenters. The summed E-state index contributed by atoms with van der Waals surface area (Å²) in [7, 11) is 3.14. The molecule has 134 valence electrons. The molecule has 0 radical (unpaired) electrons. The number of hydrogen-bond acceptors (Lipinski definition) is 5. The molecule has 5 heteroatoms. The van der Waals surface area contributed by atoms with Gasteiger partial charge < -0.3 is 19.9 Å². The molecule has 0 saturated carbocycles. The number of hydrogen-bond donors (Lipinski definition) is 1. The van der Waals surface area contributed by atoms with Gasteiger partial charge in [0.2, 0.25) is 0 Å². The smallest absolute Gasteiger partial charge is 0.331 e. The molecule has 0 saturated heterocycles. The molecule has 5 nitrogen and oxygen atoms in total. The van der Waals surface area contributed by atoms with Crippen molar-refractivity contribution < 1.29 is 19.0 Å². The molecule has 0 aromatic heterocycles. The van der Waals surface area contributed by atoms with Crippen molar-refractivity contribution in [1.82, 2.24) is 0 Å². The molecule has 2 aromatic carbocycles. The average molecular weight is 343 g/mol. The fraction of sp³-hybridized carbons (Fsp3) is 0.250. The van der Waals surface area contributed by atoms with E-state index in [9.17, 15) is 4.79 Å². The first-order chi connectivity index (χ1) is 12.1. The van der Waals surface area contributed by atoms with Gasteiger partial charge in [0.1, 0.15) is 18.1 Å². The van der Waals surface area contributed by atoms with E-state index < -0.39 is 5.97 Å². The Balaban J connectivity index is 0.00000151. The second-order valence-corrected chi connectivity index (χ2v) is 4.79. The summed E-state index contributed by atoms with van der Waals surface area (Å²) in [6.07, 6.45) is 3.00. The van der Waals surface area contributed by atoms with Crippen molar-refractivity contribution in [2.75, 3.05) is 20.0 Å². The maximum Gasteiger partial charge on any atom is 0.331 e. The van der Waals surface area contributed by atoms with Crippen molar-refractivity contribution in [3.05, 3.63) is 59.7 Å². The van der Waals surface area contributed by atoms with Crippen molar-refractivity contribution in [2.45, 2.75) is 20.5 Å². The molecule has 0 amide bonds. The Labute approximate surface area is 149 Å². The Morgan fingerprint density at radius 1 is 1.08 bits per heavy atom. The summed E-state index contributed by atoms with van der Waals surface area (Å²) in [6, 6.07) is 12.6. The second kappa shape index (κ2) is 10.8. The number of methoxy groups -OCH3 is 2. The molecule has 0 heterocycles. The zero-order valence-electron chi connectivity index (χ0n) is 15.1. The predicted molar refractivity (Wildman–Crippen MR) is 101 cm³/mol. The lowest BCUT2D eigenvalue weighted by Gasteiger charge is -2.07. The molecule has 0 atom stereocenters. The van der Waals surface area contributed by atoms with Gasteiger partial charge in [0.05, 0.1) is 14.2 Å². The molecule has 0 bridgehead atoms. The van der Waals surface area contributed by atoms with Crippen molar-refractivity contribution in [1.29, 1.82) is 0 Å². The van der Waals surface area contributed by atoms with Crippen LogP contribution in [0.15, 0.2) is 48.5 Å². The molecule has 2 aromatic rings. The van der Waals surface area contributed by atoms with Crippen LogP contribution >= 0.6 is 0 Å². The number of esters is 1. The second-order valence-electron chi connectivity index (χ2n) is 4.79. The molecule has 25 heavy (non-hydrogen) atoms. The SMILES string of the molecule is CC.COc1ccc(/C=C/C(=O)OCc2cccc(N)c2)c(OC)c1. The summed E-state index contributed by atoms with van der Waals surface area (Å²) in [6.45, 7) is 4.17. The predicted octanol–water partition coefficient (Wildman–Crippen LogP) is 4.07. The molecular weight excluding hydrogens is 318 g/mol. The monoisotopic (exact) mass is 343 g/mol. The van der Waals surface area contributed by atoms with Crippen LogP contribution in [0, 0.1) is 0 Å². The maximum atomic E-state index is 11.8. The number of ether oxygens (including phenoxy) is 3. The van der Waals surface area contributed by atoms with Crippen LogP contribution in [0.1, 0.15) is 25.0 Å². The van der Waals surface area contributed by atoms with E-state index >= 15 is 0 Å². The van der Waals surface area contributed by atoms with E-state index in [4.69, 9.17) is 19.9 Å². The minimum atomic E-state index is -0.440. The molecule has 2 N–H and O–H groups in total. The van der Waals surface area contributed by atoms with Gasteiger partial charge >= 0.3 is 5.97 Å². The highest BCUT2D eigenvalue weighted by Gasteiger charge is 2.04. The normalized spacial score (nSPS) is 9.92. The third-order valence-corrected chi connectivity index (χ3v) is 3.17. The number of nitrogen functional groups attached to an aromatic ring is 1. The van der Waals surface area contributed by atoms with Crippen LogP contribution in [0.5, 0.6) is 11.5 Å². The number of anilines is 1. The summed E-state index contributed by atoms with van der Waals surface area (Å²) in [4.78, 5) is 11.8. The first-order valence-corrected chi connectivity index (χ1v) is 8.03. The zero-order valence-corrected chi connectivity index (χ0v) is 15.1. The van der Waals surface area contributed by atoms with Gasteiger partial charge in [-0.2, -0.15) is 0 Å². The van der Waals surface area contributed by atoms with Gasteiger partial charge in [0, 0.05) is 23.4 Å². The summed E-state index contributed by atoms with van der Waals surface area (Å²) < 4.78 is 15.6. The number of carbonyl (C=O) groups is 1. The van der Waals surface area contributed by atoms with Crippen molar-refractivity contribution in [3.8, 4) is 11.5 Å². The number of nitrogens with two attached hydrogens (primary N) is 1. The van der Waals surface area contributed by atoms with Crippen molar-refractivity contribution >= 4 is 17.7 Å².